The van der Waals surface area contributed by atoms with Gasteiger partial charge in [-0.05, 0) is 51.0 Å². The van der Waals surface area contributed by atoms with E-state index < -0.39 is 0 Å². The van der Waals surface area contributed by atoms with Crippen LogP contribution >= 0.6 is 15.9 Å². The van der Waals surface area contributed by atoms with Crippen LogP contribution < -0.4 is 0 Å². The van der Waals surface area contributed by atoms with Crippen LogP contribution in [0.1, 0.15) is 53.9 Å². The molecule has 92 valence electrons. The Balaban J connectivity index is 2.59. The minimum Gasteiger partial charge on any atom is -0.400 e. The highest BCUT2D eigenvalue weighted by Crippen LogP contribution is 2.37. The summed E-state index contributed by atoms with van der Waals surface area (Å²) < 4.78 is 12.9. The van der Waals surface area contributed by atoms with E-state index in [1.165, 1.54) is 17.3 Å². The largest absolute Gasteiger partial charge is 0.487 e. The van der Waals surface area contributed by atoms with E-state index in [1.54, 1.807) is 0 Å². The lowest BCUT2D eigenvalue weighted by Gasteiger charge is -2.32. The lowest BCUT2D eigenvalue weighted by Crippen LogP contribution is -2.41. The van der Waals surface area contributed by atoms with Crippen molar-refractivity contribution in [3.05, 3.63) is 10.5 Å². The lowest BCUT2D eigenvalue weighted by molar-refractivity contribution is 0.00578. The van der Waals surface area contributed by atoms with Crippen molar-refractivity contribution >= 4 is 23.0 Å². The number of unbranched alkanes of at least 4 members (excludes halogenated alkanes) is 1. The zero-order chi connectivity index (χ0) is 12.4. The van der Waals surface area contributed by atoms with Crippen molar-refractivity contribution in [2.24, 2.45) is 0 Å². The van der Waals surface area contributed by atoms with Crippen molar-refractivity contribution in [3.8, 4) is 0 Å². The minimum absolute atomic E-state index is 0.226. The molecule has 4 heteroatoms. The average molecular weight is 289 g/mol. The van der Waals surface area contributed by atoms with Gasteiger partial charge in [-0.15, -0.1) is 0 Å². The molecule has 1 saturated heterocycles. The number of halogens is 1. The number of allylic oxidation sites excluding steroid dienone is 1. The summed E-state index contributed by atoms with van der Waals surface area (Å²) in [6.07, 6.45) is 3.45. The summed E-state index contributed by atoms with van der Waals surface area (Å²) >= 11 is 3.57. The number of rotatable bonds is 4. The molecule has 0 spiro atoms. The van der Waals surface area contributed by atoms with Crippen LogP contribution in [0.5, 0.6) is 0 Å². The molecule has 1 heterocycles. The second-order valence-electron chi connectivity index (χ2n) is 5.34. The molecule has 2 nitrogen and oxygen atoms in total. The van der Waals surface area contributed by atoms with Gasteiger partial charge in [-0.3, -0.25) is 0 Å². The Labute approximate surface area is 108 Å². The van der Waals surface area contributed by atoms with E-state index in [-0.39, 0.29) is 18.3 Å². The van der Waals surface area contributed by atoms with Gasteiger partial charge in [0.25, 0.3) is 0 Å². The topological polar surface area (TPSA) is 18.5 Å². The van der Waals surface area contributed by atoms with Crippen molar-refractivity contribution in [2.45, 2.75) is 65.1 Å². The van der Waals surface area contributed by atoms with Crippen molar-refractivity contribution < 1.29 is 9.31 Å². The second-order valence-corrected chi connectivity index (χ2v) is 6.36. The van der Waals surface area contributed by atoms with E-state index in [0.717, 1.165) is 6.42 Å². The molecule has 0 bridgehead atoms. The van der Waals surface area contributed by atoms with Crippen LogP contribution in [0.4, 0.5) is 0 Å². The normalized spacial score (nSPS) is 23.9. The summed E-state index contributed by atoms with van der Waals surface area (Å²) in [5.74, 6) is 2.03. The van der Waals surface area contributed by atoms with Crippen LogP contribution in [-0.2, 0) is 9.31 Å². The van der Waals surface area contributed by atoms with Crippen LogP contribution in [0, 0.1) is 0 Å². The molecular weight excluding hydrogens is 267 g/mol. The Morgan fingerprint density at radius 2 is 1.69 bits per heavy atom. The molecule has 0 atom stereocenters. The van der Waals surface area contributed by atoms with Gasteiger partial charge in [0.1, 0.15) is 0 Å². The molecule has 1 fully saturated rings. The van der Waals surface area contributed by atoms with E-state index in [0.29, 0.717) is 0 Å². The molecule has 0 aromatic heterocycles. The molecule has 0 unspecified atom stereocenters. The third kappa shape index (κ3) is 3.35. The van der Waals surface area contributed by atoms with E-state index in [4.69, 9.17) is 9.31 Å². The monoisotopic (exact) mass is 288 g/mol. The SMILES string of the molecule is CCCC/C(Br)=C/B1OC(C)(C)C(C)(C)O1. The number of hydrogen-bond acceptors (Lipinski definition) is 2. The molecule has 0 radical (unpaired) electrons. The quantitative estimate of drug-likeness (QED) is 0.726. The summed E-state index contributed by atoms with van der Waals surface area (Å²) in [5, 5.41) is 0. The fourth-order valence-corrected chi connectivity index (χ4v) is 2.03. The number of hydrogen-bond donors (Lipinski definition) is 0. The Bertz CT molecular complexity index is 258. The maximum atomic E-state index is 5.89. The zero-order valence-corrected chi connectivity index (χ0v) is 12.6. The first kappa shape index (κ1) is 14.3. The molecule has 0 aliphatic carbocycles. The summed E-state index contributed by atoms with van der Waals surface area (Å²) in [7, 11) is -0.226. The second kappa shape index (κ2) is 5.24. The standard InChI is InChI=1S/C12H22BBrO2/c1-6-7-8-10(14)9-13-15-11(2,3)12(4,5)16-13/h9H,6-8H2,1-5H3/b10-9-. The summed E-state index contributed by atoms with van der Waals surface area (Å²) in [6.45, 7) is 10.5. The van der Waals surface area contributed by atoms with Crippen molar-refractivity contribution in [2.75, 3.05) is 0 Å². The van der Waals surface area contributed by atoms with E-state index >= 15 is 0 Å². The third-order valence-corrected chi connectivity index (χ3v) is 4.02. The molecule has 1 aliphatic heterocycles. The Morgan fingerprint density at radius 3 is 2.12 bits per heavy atom. The Kier molecular flexibility index (Phi) is 4.67. The first-order chi connectivity index (χ1) is 7.28. The minimum atomic E-state index is -0.244. The zero-order valence-electron chi connectivity index (χ0n) is 11.0. The highest BCUT2D eigenvalue weighted by Gasteiger charge is 2.50. The Hall–Kier alpha value is 0.205. The molecule has 1 aliphatic rings. The third-order valence-electron chi connectivity index (χ3n) is 3.36. The highest BCUT2D eigenvalue weighted by molar-refractivity contribution is 9.11. The first-order valence-corrected chi connectivity index (χ1v) is 6.79. The average Bonchev–Trinajstić information content (AvgIpc) is 2.31. The van der Waals surface area contributed by atoms with Crippen LogP contribution in [-0.4, -0.2) is 18.3 Å². The van der Waals surface area contributed by atoms with Gasteiger partial charge in [0.2, 0.25) is 0 Å². The van der Waals surface area contributed by atoms with Gasteiger partial charge in [-0.25, -0.2) is 0 Å². The maximum Gasteiger partial charge on any atom is 0.487 e. The molecule has 0 saturated carbocycles. The van der Waals surface area contributed by atoms with Gasteiger partial charge in [0.15, 0.2) is 0 Å². The fourth-order valence-electron chi connectivity index (χ4n) is 1.53. The van der Waals surface area contributed by atoms with Gasteiger partial charge in [-0.1, -0.05) is 29.3 Å². The smallest absolute Gasteiger partial charge is 0.400 e. The molecule has 0 N–H and O–H groups in total. The van der Waals surface area contributed by atoms with Crippen LogP contribution in [0.25, 0.3) is 0 Å². The van der Waals surface area contributed by atoms with Gasteiger partial charge in [0.05, 0.1) is 11.2 Å². The predicted molar refractivity (Wildman–Crippen MR) is 72.6 cm³/mol. The van der Waals surface area contributed by atoms with Crippen molar-refractivity contribution in [1.82, 2.24) is 0 Å². The molecule has 1 rings (SSSR count). The summed E-state index contributed by atoms with van der Waals surface area (Å²) in [4.78, 5) is 0. The van der Waals surface area contributed by atoms with Crippen molar-refractivity contribution in [1.29, 1.82) is 0 Å². The molecule has 0 aromatic carbocycles. The van der Waals surface area contributed by atoms with Gasteiger partial charge in [-0.2, -0.15) is 0 Å². The van der Waals surface area contributed by atoms with Crippen LogP contribution in [0.3, 0.4) is 0 Å². The maximum absolute atomic E-state index is 5.89. The van der Waals surface area contributed by atoms with Gasteiger partial charge >= 0.3 is 7.12 Å². The predicted octanol–water partition coefficient (Wildman–Crippen LogP) is 4.09. The molecular formula is C12H22BBrO2. The fraction of sp³-hybridized carbons (Fsp3) is 0.833. The first-order valence-electron chi connectivity index (χ1n) is 6.00. The van der Waals surface area contributed by atoms with Crippen molar-refractivity contribution in [3.63, 3.8) is 0 Å². The summed E-state index contributed by atoms with van der Waals surface area (Å²) in [5.41, 5.74) is -0.488. The van der Waals surface area contributed by atoms with Gasteiger partial charge < -0.3 is 9.31 Å². The van der Waals surface area contributed by atoms with Crippen LogP contribution in [0.15, 0.2) is 10.5 Å². The van der Waals surface area contributed by atoms with E-state index in [1.807, 2.05) is 5.98 Å². The Morgan fingerprint density at radius 1 is 1.19 bits per heavy atom. The van der Waals surface area contributed by atoms with Gasteiger partial charge in [0, 0.05) is 0 Å². The van der Waals surface area contributed by atoms with Crippen LogP contribution in [0.2, 0.25) is 0 Å². The highest BCUT2D eigenvalue weighted by atomic mass is 79.9. The molecule has 16 heavy (non-hydrogen) atoms. The molecule has 0 aromatic rings. The summed E-state index contributed by atoms with van der Waals surface area (Å²) in [6, 6.07) is 0. The van der Waals surface area contributed by atoms with E-state index in [9.17, 15) is 0 Å². The molecule has 0 amide bonds. The lowest BCUT2D eigenvalue weighted by atomic mass is 9.89. The van der Waals surface area contributed by atoms with E-state index in [2.05, 4.69) is 50.5 Å².